The number of carbonyl (C=O) groups is 8. The zero-order valence-electron chi connectivity index (χ0n) is 30.4. The Morgan fingerprint density at radius 1 is 0.554 bits per heavy atom. The lowest BCUT2D eigenvalue weighted by atomic mass is 9.96. The summed E-state index contributed by atoms with van der Waals surface area (Å²) in [6.45, 7) is 3.97. The van der Waals surface area contributed by atoms with Crippen LogP contribution in [0.15, 0.2) is 81.1 Å². The van der Waals surface area contributed by atoms with E-state index in [9.17, 15) is 55.2 Å². The van der Waals surface area contributed by atoms with Crippen molar-refractivity contribution in [2.45, 2.75) is 23.6 Å². The molecule has 0 unspecified atom stereocenters. The average molecular weight is 1050 g/mol. The van der Waals surface area contributed by atoms with Gasteiger partial charge in [0.2, 0.25) is 39.7 Å². The monoisotopic (exact) mass is 1050 g/mol. The maximum absolute atomic E-state index is 12.4. The third-order valence-corrected chi connectivity index (χ3v) is 11.4. The summed E-state index contributed by atoms with van der Waals surface area (Å²) in [5.41, 5.74) is -0.0813. The molecule has 0 saturated heterocycles. The van der Waals surface area contributed by atoms with Crippen LogP contribution >= 0.6 is 42.4 Å². The molecule has 0 aliphatic heterocycles. The molecule has 304 valence electrons. The first kappa shape index (κ1) is 49.1. The van der Waals surface area contributed by atoms with Crippen molar-refractivity contribution in [1.29, 1.82) is 0 Å². The quantitative estimate of drug-likeness (QED) is 0.0907. The summed E-state index contributed by atoms with van der Waals surface area (Å²) >= 11 is 2.71. The Labute approximate surface area is 346 Å². The van der Waals surface area contributed by atoms with Crippen molar-refractivity contribution in [2.75, 3.05) is 52.0 Å². The van der Waals surface area contributed by atoms with Gasteiger partial charge in [0.25, 0.3) is 11.6 Å². The molecule has 56 heavy (non-hydrogen) atoms. The first-order chi connectivity index (χ1) is 26.1. The molecule has 24 heteroatoms. The lowest BCUT2D eigenvalue weighted by Crippen LogP contribution is -2.44. The molecule has 0 saturated carbocycles. The van der Waals surface area contributed by atoms with Crippen LogP contribution < -0.4 is 10.6 Å². The minimum absolute atomic E-state index is 0.150. The predicted octanol–water partition coefficient (Wildman–Crippen LogP) is 2.67. The summed E-state index contributed by atoms with van der Waals surface area (Å²) in [6.07, 6.45) is 0.126. The summed E-state index contributed by atoms with van der Waals surface area (Å²) in [4.78, 5) is 95.4. The second-order valence-corrected chi connectivity index (χ2v) is 20.2. The van der Waals surface area contributed by atoms with Gasteiger partial charge in [0, 0.05) is 39.6 Å². The van der Waals surface area contributed by atoms with Crippen molar-refractivity contribution < 1.29 is 64.7 Å². The van der Waals surface area contributed by atoms with Crippen molar-refractivity contribution in [2.24, 2.45) is 0 Å². The maximum atomic E-state index is 12.4. The van der Waals surface area contributed by atoms with E-state index in [2.05, 4.69) is 20.1 Å². The number of nitrogens with zero attached hydrogens (tertiary/aromatic N) is 4. The fourth-order valence-corrected chi connectivity index (χ4v) is 6.84. The van der Waals surface area contributed by atoms with Gasteiger partial charge < -0.3 is 29.1 Å². The van der Waals surface area contributed by atoms with Crippen LogP contribution in [0.5, 0.6) is 0 Å². The van der Waals surface area contributed by atoms with Crippen LogP contribution in [0.1, 0.15) is 13.8 Å². The van der Waals surface area contributed by atoms with Crippen molar-refractivity contribution in [1.82, 2.24) is 19.6 Å². The van der Waals surface area contributed by atoms with Crippen LogP contribution in [0.4, 0.5) is 21.0 Å². The first-order valence-electron chi connectivity index (χ1n) is 15.4. The summed E-state index contributed by atoms with van der Waals surface area (Å²) in [6, 6.07) is 11.7. The number of ether oxygens (including phenoxy) is 2. The number of carbonyl (C=O) groups excluding carboxylic acids is 8. The van der Waals surface area contributed by atoms with Gasteiger partial charge in [0.1, 0.15) is 11.4 Å². The molecule has 1 aliphatic rings. The van der Waals surface area contributed by atoms with Crippen LogP contribution in [0.3, 0.4) is 0 Å². The van der Waals surface area contributed by atoms with E-state index < -0.39 is 37.8 Å². The highest BCUT2D eigenvalue weighted by atomic mass is 127. The molecule has 6 amide bonds. The van der Waals surface area contributed by atoms with Crippen LogP contribution in [0, 0.1) is 0 Å². The van der Waals surface area contributed by atoms with Gasteiger partial charge in [0.05, 0.1) is 76.8 Å². The number of nitrogens with one attached hydrogen (secondary N) is 2. The topological polar surface area (TPSA) is 260 Å². The number of halogens is 2. The zero-order valence-corrected chi connectivity index (χ0v) is 36.4. The third kappa shape index (κ3) is 14.3. The molecule has 0 atom stereocenters. The Kier molecular flexibility index (Phi) is 19.8. The van der Waals surface area contributed by atoms with Gasteiger partial charge in [-0.3, -0.25) is 39.4 Å². The number of rotatable bonds is 14. The van der Waals surface area contributed by atoms with Crippen LogP contribution in [0.25, 0.3) is 0 Å². The Morgan fingerprint density at radius 2 is 0.804 bits per heavy atom. The summed E-state index contributed by atoms with van der Waals surface area (Å²) in [7, 11) is -1.46. The molecule has 0 radical (unpaired) electrons. The van der Waals surface area contributed by atoms with Gasteiger partial charge in [-0.05, 0) is 62.4 Å². The third-order valence-electron chi connectivity index (χ3n) is 6.67. The van der Waals surface area contributed by atoms with E-state index >= 15 is 0 Å². The number of ketones is 2. The minimum Gasteiger partial charge on any atom is -0.450 e. The number of likely N-dealkylation sites (N-methyl/N-ethyl adjacent to an activating group) is 4. The zero-order chi connectivity index (χ0) is 43.0. The summed E-state index contributed by atoms with van der Waals surface area (Å²) < 4.78 is 53.9. The smallest absolute Gasteiger partial charge is 0.411 e. The van der Waals surface area contributed by atoms with E-state index in [-0.39, 0.29) is 58.6 Å². The van der Waals surface area contributed by atoms with Crippen LogP contribution in [-0.2, 0) is 52.3 Å². The lowest BCUT2D eigenvalue weighted by Gasteiger charge is -2.34. The Hall–Kier alpha value is -4.96. The second-order valence-electron chi connectivity index (χ2n) is 10.5. The molecule has 2 N–H and O–H groups in total. The number of anilines is 2. The van der Waals surface area contributed by atoms with Crippen LogP contribution in [0.2, 0.25) is 0 Å². The van der Waals surface area contributed by atoms with Crippen molar-refractivity contribution in [3.8, 4) is 0 Å². The molecule has 20 nitrogen and oxygen atoms in total. The van der Waals surface area contributed by atoms with E-state index in [4.69, 9.17) is 0 Å². The Balaban J connectivity index is 0.000000434. The second kappa shape index (κ2) is 22.6. The highest BCUT2D eigenvalue weighted by Crippen LogP contribution is 2.31. The first-order valence-corrected chi connectivity index (χ1v) is 23.5. The molecular formula is C32H36I2N6O14S2. The molecule has 3 rings (SSSR count). The molecule has 0 heterocycles. The van der Waals surface area contributed by atoms with Gasteiger partial charge in [-0.25, -0.2) is 26.4 Å². The number of benzene rings is 2. The van der Waals surface area contributed by atoms with Gasteiger partial charge in [-0.1, -0.05) is 0 Å². The normalized spacial score (nSPS) is 12.4. The fraction of sp³-hybridized carbons (Fsp3) is 0.250. The van der Waals surface area contributed by atoms with Crippen molar-refractivity contribution in [3.63, 3.8) is 0 Å². The molecule has 0 fully saturated rings. The molecular weight excluding hydrogens is 1010 g/mol. The standard InChI is InChI=1S/C14H16N4O6.2C9H10INO4S/c1-15(5-19)9-10(16(2)6-20)12(18(4)8-22)14(24)13(23)11(9)17(3)7-21;2*1-2-15-9(12)11-7-3-5-8(6-4-7)16(10,13)14/h5-8H,1-4H3;2*3-6H,2H2,1H3,(H,11,12). The lowest BCUT2D eigenvalue weighted by molar-refractivity contribution is -0.136. The number of amides is 6. The fourth-order valence-electron chi connectivity index (χ4n) is 4.16. The summed E-state index contributed by atoms with van der Waals surface area (Å²) in [5.74, 6) is -2.17. The minimum atomic E-state index is -3.23. The average Bonchev–Trinajstić information content (AvgIpc) is 3.14. The van der Waals surface area contributed by atoms with Gasteiger partial charge in [-0.15, -0.1) is 0 Å². The van der Waals surface area contributed by atoms with Gasteiger partial charge in [-0.2, -0.15) is 0 Å². The molecule has 2 aromatic rings. The van der Waals surface area contributed by atoms with E-state index in [1.54, 1.807) is 13.8 Å². The number of hydrogen-bond acceptors (Lipinski definition) is 14. The van der Waals surface area contributed by atoms with Gasteiger partial charge in [0.15, 0.2) is 0 Å². The van der Waals surface area contributed by atoms with Crippen molar-refractivity contribution >= 4 is 117 Å². The Morgan fingerprint density at radius 3 is 1.02 bits per heavy atom. The molecule has 0 aromatic heterocycles. The van der Waals surface area contributed by atoms with E-state index in [0.29, 0.717) is 24.2 Å². The highest BCUT2D eigenvalue weighted by Gasteiger charge is 2.41. The number of hydrogen-bond donors (Lipinski definition) is 2. The summed E-state index contributed by atoms with van der Waals surface area (Å²) in [5, 5.41) is 4.93. The number of allylic oxidation sites excluding steroid dienone is 2. The molecule has 1 aliphatic carbocycles. The van der Waals surface area contributed by atoms with Gasteiger partial charge >= 0.3 is 12.2 Å². The molecule has 0 bridgehead atoms. The molecule has 2 aromatic carbocycles. The predicted molar refractivity (Wildman–Crippen MR) is 216 cm³/mol. The SMILES string of the molecule is CCOC(=O)Nc1ccc(S(=O)(=O)I)cc1.CCOC(=O)Nc1ccc(S(=O)(=O)I)cc1.CN(C=O)C1=C(N(C)C=O)C(N(C)C=O)=C(N(C)C=O)C(=O)C1=O. The largest absolute Gasteiger partial charge is 0.450 e. The van der Waals surface area contributed by atoms with E-state index in [0.717, 1.165) is 19.6 Å². The van der Waals surface area contributed by atoms with E-state index in [1.165, 1.54) is 119 Å². The molecule has 0 spiro atoms. The maximum Gasteiger partial charge on any atom is 0.411 e. The van der Waals surface area contributed by atoms with E-state index in [1.807, 2.05) is 0 Å². The highest BCUT2D eigenvalue weighted by molar-refractivity contribution is 14.2. The number of Topliss-reactive ketones (excluding diaryl/α,β-unsaturated/α-hetero) is 2. The van der Waals surface area contributed by atoms with Crippen molar-refractivity contribution in [3.05, 3.63) is 71.3 Å². The van der Waals surface area contributed by atoms with Crippen LogP contribution in [-0.4, -0.2) is 127 Å². The Bertz CT molecular complexity index is 1940.